The lowest BCUT2D eigenvalue weighted by molar-refractivity contribution is 0.0770. The zero-order chi connectivity index (χ0) is 12.7. The van der Waals surface area contributed by atoms with Gasteiger partial charge in [0.15, 0.2) is 0 Å². The molecule has 94 valence electrons. The number of hydrogen-bond donors (Lipinski definition) is 1. The molecular weight excluding hydrogens is 253 g/mol. The van der Waals surface area contributed by atoms with Crippen LogP contribution < -0.4 is 0 Å². The van der Waals surface area contributed by atoms with Crippen LogP contribution in [0.25, 0.3) is 10.1 Å². The highest BCUT2D eigenvalue weighted by atomic mass is 32.1. The van der Waals surface area contributed by atoms with E-state index in [1.165, 1.54) is 23.5 Å². The maximum atomic E-state index is 13.1. The lowest BCUT2D eigenvalue weighted by Crippen LogP contribution is -2.28. The molecule has 0 unspecified atom stereocenters. The summed E-state index contributed by atoms with van der Waals surface area (Å²) in [5.41, 5.74) is 0. The number of nitrogens with zero attached hydrogens (tertiary/aromatic N) is 1. The standard InChI is InChI=1S/C13H12FNO2S/c14-9-2-1-8-5-12(18-11(8)6-9)13(17)15-4-3-10(16)7-15/h1-2,5-6,10,16H,3-4,7H2/t10-/m1/s1. The molecule has 1 aliphatic rings. The van der Waals surface area contributed by atoms with E-state index >= 15 is 0 Å². The first-order valence-electron chi connectivity index (χ1n) is 5.80. The molecule has 3 nitrogen and oxygen atoms in total. The Morgan fingerprint density at radius 1 is 1.44 bits per heavy atom. The molecule has 0 spiro atoms. The van der Waals surface area contributed by atoms with Gasteiger partial charge in [-0.3, -0.25) is 4.79 Å². The molecule has 1 aromatic heterocycles. The minimum absolute atomic E-state index is 0.0758. The highest BCUT2D eigenvalue weighted by molar-refractivity contribution is 7.20. The van der Waals surface area contributed by atoms with E-state index in [2.05, 4.69) is 0 Å². The zero-order valence-electron chi connectivity index (χ0n) is 9.60. The van der Waals surface area contributed by atoms with Crippen molar-refractivity contribution in [1.29, 1.82) is 0 Å². The van der Waals surface area contributed by atoms with Crippen molar-refractivity contribution in [1.82, 2.24) is 4.90 Å². The Balaban J connectivity index is 1.92. The number of thiophene rings is 1. The fourth-order valence-corrected chi connectivity index (χ4v) is 3.25. The normalized spacial score (nSPS) is 19.7. The first-order chi connectivity index (χ1) is 8.63. The number of carbonyl (C=O) groups excluding carboxylic acids is 1. The van der Waals surface area contributed by atoms with E-state index in [9.17, 15) is 14.3 Å². The number of aliphatic hydroxyl groups is 1. The van der Waals surface area contributed by atoms with E-state index in [4.69, 9.17) is 0 Å². The Kier molecular flexibility index (Phi) is 2.80. The number of hydrogen-bond acceptors (Lipinski definition) is 3. The maximum absolute atomic E-state index is 13.1. The van der Waals surface area contributed by atoms with E-state index in [0.29, 0.717) is 24.4 Å². The van der Waals surface area contributed by atoms with Crippen LogP contribution in [0, 0.1) is 5.82 Å². The minimum atomic E-state index is -0.416. The van der Waals surface area contributed by atoms with Crippen LogP contribution >= 0.6 is 11.3 Å². The summed E-state index contributed by atoms with van der Waals surface area (Å²) in [5, 5.41) is 10.3. The molecule has 1 aromatic carbocycles. The summed E-state index contributed by atoms with van der Waals surface area (Å²) in [7, 11) is 0. The van der Waals surface area contributed by atoms with Crippen molar-refractivity contribution >= 4 is 27.3 Å². The van der Waals surface area contributed by atoms with Gasteiger partial charge in [-0.15, -0.1) is 11.3 Å². The average molecular weight is 265 g/mol. The summed E-state index contributed by atoms with van der Waals surface area (Å²) in [5.74, 6) is -0.367. The molecule has 1 amide bonds. The molecule has 2 heterocycles. The van der Waals surface area contributed by atoms with Gasteiger partial charge in [0.2, 0.25) is 0 Å². The Bertz CT molecular complexity index is 610. The van der Waals surface area contributed by atoms with Gasteiger partial charge in [0, 0.05) is 17.8 Å². The molecule has 1 saturated heterocycles. The molecule has 1 aliphatic heterocycles. The van der Waals surface area contributed by atoms with E-state index in [1.807, 2.05) is 0 Å². The molecule has 0 radical (unpaired) electrons. The van der Waals surface area contributed by atoms with Gasteiger partial charge in [-0.05, 0) is 30.0 Å². The number of fused-ring (bicyclic) bond motifs is 1. The molecule has 1 N–H and O–H groups in total. The molecule has 0 saturated carbocycles. The Morgan fingerprint density at radius 2 is 2.28 bits per heavy atom. The Morgan fingerprint density at radius 3 is 3.00 bits per heavy atom. The summed E-state index contributed by atoms with van der Waals surface area (Å²) in [6, 6.07) is 6.29. The number of aliphatic hydroxyl groups excluding tert-OH is 1. The van der Waals surface area contributed by atoms with Gasteiger partial charge in [0.25, 0.3) is 5.91 Å². The van der Waals surface area contributed by atoms with Crippen LogP contribution in [0.15, 0.2) is 24.3 Å². The second kappa shape index (κ2) is 4.33. The fourth-order valence-electron chi connectivity index (χ4n) is 2.19. The van der Waals surface area contributed by atoms with Crippen LogP contribution in [-0.4, -0.2) is 35.1 Å². The van der Waals surface area contributed by atoms with E-state index < -0.39 is 6.10 Å². The number of halogens is 1. The predicted molar refractivity (Wildman–Crippen MR) is 68.3 cm³/mol. The minimum Gasteiger partial charge on any atom is -0.391 e. The highest BCUT2D eigenvalue weighted by Crippen LogP contribution is 2.28. The van der Waals surface area contributed by atoms with Gasteiger partial charge in [-0.2, -0.15) is 0 Å². The molecule has 18 heavy (non-hydrogen) atoms. The van der Waals surface area contributed by atoms with Crippen molar-refractivity contribution in [3.05, 3.63) is 35.0 Å². The second-order valence-electron chi connectivity index (χ2n) is 4.49. The quantitative estimate of drug-likeness (QED) is 0.859. The van der Waals surface area contributed by atoms with Gasteiger partial charge < -0.3 is 10.0 Å². The number of β-amino-alcohol motifs (C(OH)–C–C–N with tert-alkyl or cyclic N) is 1. The van der Waals surface area contributed by atoms with Crippen LogP contribution in [0.2, 0.25) is 0 Å². The van der Waals surface area contributed by atoms with Crippen molar-refractivity contribution in [2.24, 2.45) is 0 Å². The topological polar surface area (TPSA) is 40.5 Å². The van der Waals surface area contributed by atoms with Gasteiger partial charge in [-0.25, -0.2) is 4.39 Å². The largest absolute Gasteiger partial charge is 0.391 e. The van der Waals surface area contributed by atoms with Crippen LogP contribution in [0.1, 0.15) is 16.1 Å². The number of amides is 1. The maximum Gasteiger partial charge on any atom is 0.264 e. The third-order valence-electron chi connectivity index (χ3n) is 3.14. The smallest absolute Gasteiger partial charge is 0.264 e. The first kappa shape index (κ1) is 11.6. The molecule has 0 bridgehead atoms. The summed E-state index contributed by atoms with van der Waals surface area (Å²) < 4.78 is 13.9. The van der Waals surface area contributed by atoms with Gasteiger partial charge >= 0.3 is 0 Å². The molecule has 5 heteroatoms. The molecule has 2 aromatic rings. The van der Waals surface area contributed by atoms with Crippen molar-refractivity contribution in [3.8, 4) is 0 Å². The van der Waals surface area contributed by atoms with Gasteiger partial charge in [-0.1, -0.05) is 6.07 Å². The average Bonchev–Trinajstić information content (AvgIpc) is 2.93. The van der Waals surface area contributed by atoms with E-state index in [-0.39, 0.29) is 11.7 Å². The van der Waals surface area contributed by atoms with Crippen LogP contribution in [-0.2, 0) is 0 Å². The first-order valence-corrected chi connectivity index (χ1v) is 6.61. The van der Waals surface area contributed by atoms with Crippen molar-refractivity contribution in [2.45, 2.75) is 12.5 Å². The zero-order valence-corrected chi connectivity index (χ0v) is 10.4. The van der Waals surface area contributed by atoms with E-state index in [0.717, 1.165) is 10.1 Å². The summed E-state index contributed by atoms with van der Waals surface area (Å²) in [4.78, 5) is 14.4. The Hall–Kier alpha value is -1.46. The van der Waals surface area contributed by atoms with Crippen LogP contribution in [0.5, 0.6) is 0 Å². The molecule has 1 fully saturated rings. The highest BCUT2D eigenvalue weighted by Gasteiger charge is 2.26. The van der Waals surface area contributed by atoms with Gasteiger partial charge in [0.1, 0.15) is 5.82 Å². The van der Waals surface area contributed by atoms with Crippen molar-refractivity contribution in [2.75, 3.05) is 13.1 Å². The van der Waals surface area contributed by atoms with E-state index in [1.54, 1.807) is 17.0 Å². The van der Waals surface area contributed by atoms with Crippen molar-refractivity contribution in [3.63, 3.8) is 0 Å². The SMILES string of the molecule is O=C(c1cc2ccc(F)cc2s1)N1CC[C@@H](O)C1. The third kappa shape index (κ3) is 2.00. The lowest BCUT2D eigenvalue weighted by atomic mass is 10.2. The summed E-state index contributed by atoms with van der Waals surface area (Å²) >= 11 is 1.29. The summed E-state index contributed by atoms with van der Waals surface area (Å²) in [6.45, 7) is 0.976. The monoisotopic (exact) mass is 265 g/mol. The molecule has 3 rings (SSSR count). The number of carbonyl (C=O) groups is 1. The van der Waals surface area contributed by atoms with Crippen LogP contribution in [0.4, 0.5) is 4.39 Å². The predicted octanol–water partition coefficient (Wildman–Crippen LogP) is 2.25. The van der Waals surface area contributed by atoms with Crippen molar-refractivity contribution < 1.29 is 14.3 Å². The van der Waals surface area contributed by atoms with Crippen LogP contribution in [0.3, 0.4) is 0 Å². The molecule has 0 aliphatic carbocycles. The molecular formula is C13H12FNO2S. The fraction of sp³-hybridized carbons (Fsp3) is 0.308. The number of benzene rings is 1. The number of likely N-dealkylation sites (tertiary alicyclic amines) is 1. The molecule has 1 atom stereocenters. The lowest BCUT2D eigenvalue weighted by Gasteiger charge is -2.13. The third-order valence-corrected chi connectivity index (χ3v) is 4.23. The number of rotatable bonds is 1. The second-order valence-corrected chi connectivity index (χ2v) is 5.57. The van der Waals surface area contributed by atoms with Gasteiger partial charge in [0.05, 0.1) is 11.0 Å². The summed E-state index contributed by atoms with van der Waals surface area (Å²) in [6.07, 6.45) is 0.214. The Labute approximate surface area is 107 Å².